The first kappa shape index (κ1) is 19.6. The van der Waals surface area contributed by atoms with Gasteiger partial charge < -0.3 is 25.0 Å². The van der Waals surface area contributed by atoms with E-state index >= 15 is 0 Å². The molecule has 0 aromatic heterocycles. The van der Waals surface area contributed by atoms with Crippen molar-refractivity contribution in [2.24, 2.45) is 5.41 Å². The van der Waals surface area contributed by atoms with E-state index in [0.717, 1.165) is 30.7 Å². The van der Waals surface area contributed by atoms with E-state index in [2.05, 4.69) is 5.32 Å². The third-order valence-electron chi connectivity index (χ3n) is 5.88. The molecule has 2 aliphatic heterocycles. The zero-order valence-electron chi connectivity index (χ0n) is 16.1. The van der Waals surface area contributed by atoms with Crippen LogP contribution in [0.3, 0.4) is 0 Å². The van der Waals surface area contributed by atoms with Gasteiger partial charge in [-0.05, 0) is 37.6 Å². The van der Waals surface area contributed by atoms with E-state index in [4.69, 9.17) is 4.74 Å². The average molecular weight is 375 g/mol. The highest BCUT2D eigenvalue weighted by Crippen LogP contribution is 2.41. The van der Waals surface area contributed by atoms with Crippen LogP contribution in [-0.2, 0) is 16.1 Å². The first-order chi connectivity index (χ1) is 13.0. The lowest BCUT2D eigenvalue weighted by atomic mass is 9.77. The van der Waals surface area contributed by atoms with Gasteiger partial charge >= 0.3 is 0 Å². The number of benzene rings is 1. The largest absolute Gasteiger partial charge is 0.497 e. The van der Waals surface area contributed by atoms with Crippen LogP contribution in [0.2, 0.25) is 0 Å². The molecule has 7 nitrogen and oxygen atoms in total. The first-order valence-corrected chi connectivity index (χ1v) is 9.48. The minimum atomic E-state index is -0.547. The van der Waals surface area contributed by atoms with E-state index in [1.165, 1.54) is 0 Å². The smallest absolute Gasteiger partial charge is 0.242 e. The number of likely N-dealkylation sites (tertiary alicyclic amines) is 2. The fourth-order valence-corrected chi connectivity index (χ4v) is 4.17. The predicted molar refractivity (Wildman–Crippen MR) is 101 cm³/mol. The summed E-state index contributed by atoms with van der Waals surface area (Å²) in [5.41, 5.74) is 1.02. The van der Waals surface area contributed by atoms with Gasteiger partial charge in [0, 0.05) is 38.0 Å². The maximum atomic E-state index is 12.6. The molecule has 27 heavy (non-hydrogen) atoms. The first-order valence-electron chi connectivity index (χ1n) is 9.48. The van der Waals surface area contributed by atoms with Crippen molar-refractivity contribution in [2.75, 3.05) is 40.4 Å². The molecular formula is C20H29N3O4. The molecule has 0 bridgehead atoms. The van der Waals surface area contributed by atoms with Crippen LogP contribution in [-0.4, -0.2) is 73.2 Å². The lowest BCUT2D eigenvalue weighted by molar-refractivity contribution is -0.136. The molecule has 0 saturated carbocycles. The van der Waals surface area contributed by atoms with E-state index < -0.39 is 6.04 Å². The maximum absolute atomic E-state index is 12.6. The number of carbonyl (C=O) groups excluding carboxylic acids is 2. The third-order valence-corrected chi connectivity index (χ3v) is 5.88. The highest BCUT2D eigenvalue weighted by Gasteiger charge is 2.45. The number of rotatable bonds is 6. The number of carbonyl (C=O) groups is 2. The normalized spacial score (nSPS) is 20.2. The Hall–Kier alpha value is -2.12. The molecule has 2 aliphatic rings. The predicted octanol–water partition coefficient (Wildman–Crippen LogP) is 0.617. The fraction of sp³-hybridized carbons (Fsp3) is 0.600. The number of aliphatic hydroxyl groups excluding tert-OH is 1. The number of piperidine rings is 1. The minimum absolute atomic E-state index is 0.0406. The van der Waals surface area contributed by atoms with E-state index in [-0.39, 0.29) is 23.8 Å². The van der Waals surface area contributed by atoms with E-state index in [1.807, 2.05) is 29.2 Å². The van der Waals surface area contributed by atoms with Crippen LogP contribution in [0.4, 0.5) is 0 Å². The quantitative estimate of drug-likeness (QED) is 0.762. The molecule has 0 aliphatic carbocycles. The van der Waals surface area contributed by atoms with Gasteiger partial charge in [0.1, 0.15) is 11.8 Å². The van der Waals surface area contributed by atoms with Crippen molar-refractivity contribution in [1.82, 2.24) is 15.1 Å². The van der Waals surface area contributed by atoms with Crippen molar-refractivity contribution in [3.8, 4) is 5.75 Å². The monoisotopic (exact) mass is 375 g/mol. The third kappa shape index (κ3) is 4.25. The summed E-state index contributed by atoms with van der Waals surface area (Å²) in [6.07, 6.45) is 2.19. The number of hydrogen-bond donors (Lipinski definition) is 2. The number of ether oxygens (including phenoxy) is 1. The SMILES string of the molecule is CN[C@@H](CO)C(=O)N1CCC2(CC1)CC(=O)N(Cc1cccc(OC)c1)C2. The van der Waals surface area contributed by atoms with Gasteiger partial charge in [-0.25, -0.2) is 0 Å². The zero-order valence-corrected chi connectivity index (χ0v) is 16.1. The van der Waals surface area contributed by atoms with Crippen molar-refractivity contribution in [3.05, 3.63) is 29.8 Å². The van der Waals surface area contributed by atoms with Crippen LogP contribution < -0.4 is 10.1 Å². The Labute approximate surface area is 160 Å². The number of nitrogens with zero attached hydrogens (tertiary/aromatic N) is 2. The Morgan fingerprint density at radius 2 is 2.11 bits per heavy atom. The van der Waals surface area contributed by atoms with Gasteiger partial charge in [0.2, 0.25) is 11.8 Å². The van der Waals surface area contributed by atoms with Crippen LogP contribution in [0.25, 0.3) is 0 Å². The second-order valence-corrected chi connectivity index (χ2v) is 7.63. The van der Waals surface area contributed by atoms with Gasteiger partial charge in [-0.15, -0.1) is 0 Å². The van der Waals surface area contributed by atoms with Gasteiger partial charge in [0.25, 0.3) is 0 Å². The van der Waals surface area contributed by atoms with Crippen LogP contribution in [0.5, 0.6) is 5.75 Å². The molecule has 7 heteroatoms. The van der Waals surface area contributed by atoms with Crippen molar-refractivity contribution >= 4 is 11.8 Å². The van der Waals surface area contributed by atoms with Crippen LogP contribution in [0, 0.1) is 5.41 Å². The zero-order chi connectivity index (χ0) is 19.4. The molecule has 1 spiro atoms. The second-order valence-electron chi connectivity index (χ2n) is 7.63. The summed E-state index contributed by atoms with van der Waals surface area (Å²) in [6, 6.07) is 7.26. The minimum Gasteiger partial charge on any atom is -0.497 e. The van der Waals surface area contributed by atoms with Gasteiger partial charge in [-0.1, -0.05) is 12.1 Å². The van der Waals surface area contributed by atoms with Crippen LogP contribution >= 0.6 is 0 Å². The number of hydrogen-bond acceptors (Lipinski definition) is 5. The summed E-state index contributed by atoms with van der Waals surface area (Å²) >= 11 is 0. The van der Waals surface area contributed by atoms with E-state index in [0.29, 0.717) is 26.1 Å². The fourth-order valence-electron chi connectivity index (χ4n) is 4.17. The Bertz CT molecular complexity index is 682. The summed E-state index contributed by atoms with van der Waals surface area (Å²) in [5, 5.41) is 12.2. The van der Waals surface area contributed by atoms with Crippen molar-refractivity contribution in [3.63, 3.8) is 0 Å². The molecule has 1 atom stereocenters. The molecule has 0 unspecified atom stereocenters. The highest BCUT2D eigenvalue weighted by molar-refractivity contribution is 5.82. The average Bonchev–Trinajstić information content (AvgIpc) is 2.98. The number of likely N-dealkylation sites (N-methyl/N-ethyl adjacent to an activating group) is 1. The molecule has 1 aromatic carbocycles. The molecular weight excluding hydrogens is 346 g/mol. The van der Waals surface area contributed by atoms with E-state index in [9.17, 15) is 14.7 Å². The molecule has 2 N–H and O–H groups in total. The van der Waals surface area contributed by atoms with Gasteiger partial charge in [0.05, 0.1) is 13.7 Å². The molecule has 2 heterocycles. The summed E-state index contributed by atoms with van der Waals surface area (Å²) in [6.45, 7) is 2.39. The van der Waals surface area contributed by atoms with Gasteiger partial charge in [0.15, 0.2) is 0 Å². The Balaban J connectivity index is 1.59. The number of aliphatic hydroxyl groups is 1. The Kier molecular flexibility index (Phi) is 6.01. The lowest BCUT2D eigenvalue weighted by Gasteiger charge is -2.39. The van der Waals surface area contributed by atoms with E-state index in [1.54, 1.807) is 19.1 Å². The summed E-state index contributed by atoms with van der Waals surface area (Å²) in [7, 11) is 3.32. The molecule has 2 saturated heterocycles. The lowest BCUT2D eigenvalue weighted by Crippen LogP contribution is -2.51. The summed E-state index contributed by atoms with van der Waals surface area (Å²) in [5.74, 6) is 0.914. The Morgan fingerprint density at radius 3 is 2.74 bits per heavy atom. The number of methoxy groups -OCH3 is 1. The summed E-state index contributed by atoms with van der Waals surface area (Å²) < 4.78 is 5.26. The molecule has 2 amide bonds. The Morgan fingerprint density at radius 1 is 1.37 bits per heavy atom. The standard InChI is InChI=1S/C20H29N3O4/c1-21-17(13-24)19(26)22-8-6-20(7-9-22)11-18(25)23(14-20)12-15-4-3-5-16(10-15)27-2/h3-5,10,17,21,24H,6-9,11-14H2,1-2H3/t17-/m0/s1. The number of nitrogens with one attached hydrogen (secondary N) is 1. The van der Waals surface area contributed by atoms with Crippen molar-refractivity contribution < 1.29 is 19.4 Å². The molecule has 3 rings (SSSR count). The second kappa shape index (κ2) is 8.27. The van der Waals surface area contributed by atoms with Crippen molar-refractivity contribution in [2.45, 2.75) is 31.8 Å². The van der Waals surface area contributed by atoms with Gasteiger partial charge in [-0.3, -0.25) is 9.59 Å². The number of amides is 2. The van der Waals surface area contributed by atoms with Crippen molar-refractivity contribution in [1.29, 1.82) is 0 Å². The molecule has 0 radical (unpaired) electrons. The highest BCUT2D eigenvalue weighted by atomic mass is 16.5. The van der Waals surface area contributed by atoms with Crippen LogP contribution in [0.1, 0.15) is 24.8 Å². The molecule has 2 fully saturated rings. The molecule has 148 valence electrons. The van der Waals surface area contributed by atoms with Gasteiger partial charge in [-0.2, -0.15) is 0 Å². The topological polar surface area (TPSA) is 82.1 Å². The maximum Gasteiger partial charge on any atom is 0.242 e. The van der Waals surface area contributed by atoms with Crippen LogP contribution in [0.15, 0.2) is 24.3 Å². The molecule has 1 aromatic rings. The summed E-state index contributed by atoms with van der Waals surface area (Å²) in [4.78, 5) is 28.7.